The highest BCUT2D eigenvalue weighted by atomic mass is 16.3. The predicted octanol–water partition coefficient (Wildman–Crippen LogP) is 0.674. The number of aliphatic hydroxyl groups is 1. The summed E-state index contributed by atoms with van der Waals surface area (Å²) >= 11 is 0. The molecule has 0 saturated carbocycles. The summed E-state index contributed by atoms with van der Waals surface area (Å²) in [6, 6.07) is 0. The zero-order valence-electron chi connectivity index (χ0n) is 9.45. The predicted molar refractivity (Wildman–Crippen MR) is 59.1 cm³/mol. The molecule has 1 fully saturated rings. The molecule has 1 saturated heterocycles. The van der Waals surface area contributed by atoms with Crippen LogP contribution in [0.4, 0.5) is 0 Å². The number of nitrogens with two attached hydrogens (primary N) is 1. The lowest BCUT2D eigenvalue weighted by molar-refractivity contribution is 0.0583. The molecule has 1 heterocycles. The van der Waals surface area contributed by atoms with Gasteiger partial charge in [0.05, 0.1) is 6.10 Å². The van der Waals surface area contributed by atoms with Gasteiger partial charge in [-0.3, -0.25) is 0 Å². The lowest BCUT2D eigenvalue weighted by Crippen LogP contribution is -2.43. The summed E-state index contributed by atoms with van der Waals surface area (Å²) in [6.45, 7) is 8.20. The average molecular weight is 200 g/mol. The number of β-amino-alcohol motifs (C(OH)–C–C–N with tert-alkyl or cyclic N) is 1. The Morgan fingerprint density at radius 1 is 1.50 bits per heavy atom. The van der Waals surface area contributed by atoms with Gasteiger partial charge in [0.2, 0.25) is 0 Å². The van der Waals surface area contributed by atoms with Crippen LogP contribution in [-0.4, -0.2) is 42.3 Å². The number of likely N-dealkylation sites (tertiary alicyclic amines) is 1. The van der Waals surface area contributed by atoms with E-state index in [1.807, 2.05) is 0 Å². The molecule has 84 valence electrons. The topological polar surface area (TPSA) is 49.5 Å². The van der Waals surface area contributed by atoms with Gasteiger partial charge in [-0.05, 0) is 37.8 Å². The van der Waals surface area contributed by atoms with Gasteiger partial charge in [-0.25, -0.2) is 0 Å². The van der Waals surface area contributed by atoms with Crippen LogP contribution in [0, 0.1) is 11.8 Å². The highest BCUT2D eigenvalue weighted by Gasteiger charge is 2.21. The minimum Gasteiger partial charge on any atom is -0.392 e. The Kier molecular flexibility index (Phi) is 4.85. The fourth-order valence-corrected chi connectivity index (χ4v) is 2.09. The first-order valence-corrected chi connectivity index (χ1v) is 5.74. The number of hydrogen-bond acceptors (Lipinski definition) is 3. The van der Waals surface area contributed by atoms with Gasteiger partial charge in [-0.2, -0.15) is 0 Å². The Bertz CT molecular complexity index is 161. The van der Waals surface area contributed by atoms with Crippen molar-refractivity contribution in [3.8, 4) is 0 Å². The smallest absolute Gasteiger partial charge is 0.0667 e. The van der Waals surface area contributed by atoms with Crippen molar-refractivity contribution in [3.05, 3.63) is 0 Å². The molecule has 2 atom stereocenters. The van der Waals surface area contributed by atoms with Gasteiger partial charge < -0.3 is 15.7 Å². The van der Waals surface area contributed by atoms with E-state index in [1.54, 1.807) is 0 Å². The van der Waals surface area contributed by atoms with Crippen molar-refractivity contribution in [1.82, 2.24) is 4.90 Å². The second kappa shape index (κ2) is 5.69. The Labute approximate surface area is 87.3 Å². The van der Waals surface area contributed by atoms with Crippen LogP contribution in [0.3, 0.4) is 0 Å². The summed E-state index contributed by atoms with van der Waals surface area (Å²) in [5.41, 5.74) is 5.74. The molecule has 3 N–H and O–H groups in total. The maximum Gasteiger partial charge on any atom is 0.0667 e. The molecule has 0 aliphatic carbocycles. The first-order valence-electron chi connectivity index (χ1n) is 5.74. The summed E-state index contributed by atoms with van der Waals surface area (Å²) < 4.78 is 0. The van der Waals surface area contributed by atoms with Crippen molar-refractivity contribution >= 4 is 0 Å². The minimum absolute atomic E-state index is 0.116. The number of hydrogen-bond donors (Lipinski definition) is 2. The van der Waals surface area contributed by atoms with Crippen LogP contribution in [0.15, 0.2) is 0 Å². The molecule has 0 amide bonds. The third-order valence-corrected chi connectivity index (χ3v) is 3.22. The molecule has 3 nitrogen and oxygen atoms in total. The fourth-order valence-electron chi connectivity index (χ4n) is 2.09. The number of piperidine rings is 1. The van der Waals surface area contributed by atoms with Crippen molar-refractivity contribution in [3.63, 3.8) is 0 Å². The van der Waals surface area contributed by atoms with Crippen molar-refractivity contribution in [2.75, 3.05) is 26.2 Å². The summed E-state index contributed by atoms with van der Waals surface area (Å²) in [5.74, 6) is 1.21. The van der Waals surface area contributed by atoms with E-state index in [0.717, 1.165) is 39.0 Å². The van der Waals surface area contributed by atoms with E-state index in [0.29, 0.717) is 11.8 Å². The molecule has 3 heteroatoms. The molecular weight excluding hydrogens is 176 g/mol. The summed E-state index contributed by atoms with van der Waals surface area (Å²) in [4.78, 5) is 2.35. The fraction of sp³-hybridized carbons (Fsp3) is 1.00. The van der Waals surface area contributed by atoms with Crippen molar-refractivity contribution in [1.29, 1.82) is 0 Å². The van der Waals surface area contributed by atoms with E-state index in [1.165, 1.54) is 0 Å². The first kappa shape index (κ1) is 12.0. The monoisotopic (exact) mass is 200 g/mol. The third kappa shape index (κ3) is 3.56. The van der Waals surface area contributed by atoms with Crippen LogP contribution in [0.25, 0.3) is 0 Å². The van der Waals surface area contributed by atoms with E-state index >= 15 is 0 Å². The standard InChI is InChI=1S/C11H24N2O/c1-9(2)10(6-12)7-13-5-3-4-11(14)8-13/h9-11,14H,3-8,12H2,1-2H3. The Morgan fingerprint density at radius 3 is 2.71 bits per heavy atom. The third-order valence-electron chi connectivity index (χ3n) is 3.22. The van der Waals surface area contributed by atoms with Gasteiger partial charge in [0, 0.05) is 13.1 Å². The van der Waals surface area contributed by atoms with Crippen LogP contribution in [0.1, 0.15) is 26.7 Å². The van der Waals surface area contributed by atoms with Crippen LogP contribution in [-0.2, 0) is 0 Å². The van der Waals surface area contributed by atoms with E-state index in [4.69, 9.17) is 5.73 Å². The quantitative estimate of drug-likeness (QED) is 0.701. The Hall–Kier alpha value is -0.120. The van der Waals surface area contributed by atoms with E-state index in [2.05, 4.69) is 18.7 Å². The maximum absolute atomic E-state index is 9.53. The highest BCUT2D eigenvalue weighted by Crippen LogP contribution is 2.15. The molecular formula is C11H24N2O. The molecule has 0 aromatic heterocycles. The second-order valence-corrected chi connectivity index (χ2v) is 4.80. The van der Waals surface area contributed by atoms with Crippen LogP contribution in [0.5, 0.6) is 0 Å². The first-order chi connectivity index (χ1) is 6.63. The van der Waals surface area contributed by atoms with Gasteiger partial charge in [0.25, 0.3) is 0 Å². The van der Waals surface area contributed by atoms with E-state index in [9.17, 15) is 5.11 Å². The SMILES string of the molecule is CC(C)C(CN)CN1CCCC(O)C1. The van der Waals surface area contributed by atoms with Crippen LogP contribution >= 0.6 is 0 Å². The zero-order valence-corrected chi connectivity index (χ0v) is 9.45. The molecule has 0 spiro atoms. The Morgan fingerprint density at radius 2 is 2.21 bits per heavy atom. The maximum atomic E-state index is 9.53. The molecule has 0 aromatic carbocycles. The largest absolute Gasteiger partial charge is 0.392 e. The van der Waals surface area contributed by atoms with Gasteiger partial charge in [0.1, 0.15) is 0 Å². The van der Waals surface area contributed by atoms with Gasteiger partial charge in [-0.15, -0.1) is 0 Å². The van der Waals surface area contributed by atoms with Crippen molar-refractivity contribution in [2.24, 2.45) is 17.6 Å². The van der Waals surface area contributed by atoms with Crippen molar-refractivity contribution < 1.29 is 5.11 Å². The normalized spacial score (nSPS) is 26.8. The molecule has 14 heavy (non-hydrogen) atoms. The number of rotatable bonds is 4. The molecule has 2 unspecified atom stereocenters. The summed E-state index contributed by atoms with van der Waals surface area (Å²) in [7, 11) is 0. The lowest BCUT2D eigenvalue weighted by Gasteiger charge is -2.33. The van der Waals surface area contributed by atoms with Crippen LogP contribution < -0.4 is 5.73 Å². The Balaban J connectivity index is 2.33. The summed E-state index contributed by atoms with van der Waals surface area (Å²) in [6.07, 6.45) is 1.97. The average Bonchev–Trinajstić information content (AvgIpc) is 2.14. The lowest BCUT2D eigenvalue weighted by atomic mass is 9.94. The number of aliphatic hydroxyl groups excluding tert-OH is 1. The van der Waals surface area contributed by atoms with Crippen molar-refractivity contribution in [2.45, 2.75) is 32.8 Å². The van der Waals surface area contributed by atoms with Gasteiger partial charge in [-0.1, -0.05) is 13.8 Å². The molecule has 1 aliphatic heterocycles. The van der Waals surface area contributed by atoms with E-state index < -0.39 is 0 Å². The summed E-state index contributed by atoms with van der Waals surface area (Å²) in [5, 5.41) is 9.53. The molecule has 0 bridgehead atoms. The minimum atomic E-state index is -0.116. The second-order valence-electron chi connectivity index (χ2n) is 4.80. The van der Waals surface area contributed by atoms with Gasteiger partial charge in [0.15, 0.2) is 0 Å². The zero-order chi connectivity index (χ0) is 10.6. The molecule has 0 radical (unpaired) electrons. The molecule has 1 aliphatic rings. The highest BCUT2D eigenvalue weighted by molar-refractivity contribution is 4.76. The molecule has 0 aromatic rings. The van der Waals surface area contributed by atoms with Gasteiger partial charge >= 0.3 is 0 Å². The van der Waals surface area contributed by atoms with E-state index in [-0.39, 0.29) is 6.10 Å². The number of nitrogens with zero attached hydrogens (tertiary/aromatic N) is 1. The van der Waals surface area contributed by atoms with Crippen LogP contribution in [0.2, 0.25) is 0 Å². The molecule has 1 rings (SSSR count).